The Balaban J connectivity index is 1.05. The SMILES string of the molecule is CC(C)(C)c1ccc(N(c2ccccc2)c2ccc3c(c2)oc2cc4cc5c6ccc(N(c7ccccc7)c7ccc(C(C)(C)C)cc7)c7c8cc(C(C)(C)C)ccc8n(c5cc4cc23)c67)cc1. The van der Waals surface area contributed by atoms with Gasteiger partial charge in [-0.1, -0.05) is 135 Å². The number of aromatic nitrogens is 1. The predicted octanol–water partition coefficient (Wildman–Crippen LogP) is 18.7. The van der Waals surface area contributed by atoms with Crippen LogP contribution in [-0.4, -0.2) is 4.40 Å². The van der Waals surface area contributed by atoms with Crippen molar-refractivity contribution in [3.05, 3.63) is 199 Å². The van der Waals surface area contributed by atoms with Crippen LogP contribution in [0.3, 0.4) is 0 Å². The third-order valence-corrected chi connectivity index (χ3v) is 14.3. The van der Waals surface area contributed by atoms with Crippen molar-refractivity contribution in [1.29, 1.82) is 0 Å². The highest BCUT2D eigenvalue weighted by molar-refractivity contribution is 6.29. The van der Waals surface area contributed by atoms with Gasteiger partial charge in [0.15, 0.2) is 0 Å². The van der Waals surface area contributed by atoms with E-state index in [9.17, 15) is 0 Å². The number of hydrogen-bond donors (Lipinski definition) is 0. The predicted molar refractivity (Wildman–Crippen MR) is 291 cm³/mol. The van der Waals surface area contributed by atoms with Crippen LogP contribution in [0.1, 0.15) is 79.0 Å². The zero-order chi connectivity index (χ0) is 46.9. The summed E-state index contributed by atoms with van der Waals surface area (Å²) in [6.07, 6.45) is 0. The smallest absolute Gasteiger partial charge is 0.137 e. The summed E-state index contributed by atoms with van der Waals surface area (Å²) in [5.41, 5.74) is 16.2. The maximum absolute atomic E-state index is 6.82. The van der Waals surface area contributed by atoms with Crippen LogP contribution in [0.15, 0.2) is 186 Å². The molecule has 12 aromatic rings. The highest BCUT2D eigenvalue weighted by atomic mass is 16.3. The first-order valence-corrected chi connectivity index (χ1v) is 24.1. The second-order valence-corrected chi connectivity index (χ2v) is 22.0. The second kappa shape index (κ2) is 15.0. The molecule has 0 aliphatic heterocycles. The van der Waals surface area contributed by atoms with E-state index in [2.05, 4.69) is 259 Å². The van der Waals surface area contributed by atoms with Gasteiger partial charge in [0.05, 0.1) is 22.2 Å². The number of para-hydroxylation sites is 2. The van der Waals surface area contributed by atoms with E-state index in [0.717, 1.165) is 55.8 Å². The van der Waals surface area contributed by atoms with Gasteiger partial charge in [-0.25, -0.2) is 0 Å². The average molecular weight is 884 g/mol. The van der Waals surface area contributed by atoms with E-state index in [1.165, 1.54) is 65.9 Å². The number of fused-ring (bicyclic) bond motifs is 10. The van der Waals surface area contributed by atoms with Gasteiger partial charge in [0.1, 0.15) is 11.2 Å². The molecular weight excluding hydrogens is 827 g/mol. The van der Waals surface area contributed by atoms with Gasteiger partial charge < -0.3 is 18.6 Å². The summed E-state index contributed by atoms with van der Waals surface area (Å²) in [7, 11) is 0. The normalized spacial score (nSPS) is 12.8. The van der Waals surface area contributed by atoms with Crippen molar-refractivity contribution >= 4 is 105 Å². The number of hydrogen-bond acceptors (Lipinski definition) is 3. The van der Waals surface area contributed by atoms with E-state index < -0.39 is 0 Å². The molecule has 4 heteroatoms. The molecule has 0 aliphatic carbocycles. The summed E-state index contributed by atoms with van der Waals surface area (Å²) in [6, 6.07) is 67.5. The molecule has 4 nitrogen and oxygen atoms in total. The van der Waals surface area contributed by atoms with Crippen LogP contribution in [0.2, 0.25) is 0 Å². The van der Waals surface area contributed by atoms with Crippen LogP contribution in [0.4, 0.5) is 34.1 Å². The van der Waals surface area contributed by atoms with Gasteiger partial charge in [0.2, 0.25) is 0 Å². The minimum atomic E-state index is -0.0163. The van der Waals surface area contributed by atoms with Crippen molar-refractivity contribution in [1.82, 2.24) is 4.40 Å². The maximum atomic E-state index is 6.82. The fourth-order valence-electron chi connectivity index (χ4n) is 10.6. The lowest BCUT2D eigenvalue weighted by molar-refractivity contribution is 0.590. The largest absolute Gasteiger partial charge is 0.456 e. The van der Waals surface area contributed by atoms with E-state index in [-0.39, 0.29) is 16.2 Å². The topological polar surface area (TPSA) is 24.0 Å². The third kappa shape index (κ3) is 6.72. The maximum Gasteiger partial charge on any atom is 0.137 e. The van der Waals surface area contributed by atoms with E-state index in [1.807, 2.05) is 0 Å². The summed E-state index contributed by atoms with van der Waals surface area (Å²) in [4.78, 5) is 4.77. The first kappa shape index (κ1) is 41.8. The number of rotatable bonds is 6. The fourth-order valence-corrected chi connectivity index (χ4v) is 10.6. The standard InChI is InChI=1S/C64H57N3O/c1-62(2,3)42-20-25-47(26-21-42)65(45-16-12-10-13-17-45)49-29-30-50-53-35-40-36-57-52(34-41(40)37-58(53)68-59(50)39-49)51-31-33-56(60-54-38-44(64(7,8)9)24-32-55(54)67(57)61(51)60)66(46-18-14-11-15-19-46)48-27-22-43(23-28-48)63(4,5)6/h10-39H,1-9H3. The molecule has 334 valence electrons. The number of furan rings is 1. The molecule has 0 N–H and O–H groups in total. The molecule has 0 saturated heterocycles. The Morgan fingerprint density at radius 3 is 1.47 bits per heavy atom. The minimum Gasteiger partial charge on any atom is -0.456 e. The van der Waals surface area contributed by atoms with Crippen molar-refractivity contribution in [2.24, 2.45) is 0 Å². The first-order valence-electron chi connectivity index (χ1n) is 24.1. The highest BCUT2D eigenvalue weighted by Crippen LogP contribution is 2.49. The molecule has 68 heavy (non-hydrogen) atoms. The van der Waals surface area contributed by atoms with Gasteiger partial charge in [-0.3, -0.25) is 0 Å². The molecule has 3 heterocycles. The molecule has 0 spiro atoms. The lowest BCUT2D eigenvalue weighted by Gasteiger charge is -2.28. The molecule has 12 rings (SSSR count). The van der Waals surface area contributed by atoms with Crippen LogP contribution in [0, 0.1) is 0 Å². The van der Waals surface area contributed by atoms with E-state index in [4.69, 9.17) is 4.42 Å². The second-order valence-electron chi connectivity index (χ2n) is 22.0. The Kier molecular flexibility index (Phi) is 9.21. The van der Waals surface area contributed by atoms with Gasteiger partial charge in [-0.2, -0.15) is 0 Å². The van der Waals surface area contributed by atoms with Crippen molar-refractivity contribution in [2.45, 2.75) is 78.6 Å². The third-order valence-electron chi connectivity index (χ3n) is 14.3. The average Bonchev–Trinajstić information content (AvgIpc) is 3.96. The molecular formula is C64H57N3O. The van der Waals surface area contributed by atoms with Gasteiger partial charge in [-0.15, -0.1) is 0 Å². The summed E-state index contributed by atoms with van der Waals surface area (Å²) in [5, 5.41) is 9.58. The van der Waals surface area contributed by atoms with E-state index in [1.54, 1.807) is 0 Å². The van der Waals surface area contributed by atoms with Gasteiger partial charge in [0, 0.05) is 66.8 Å². The Labute approximate surface area is 399 Å². The quantitative estimate of drug-likeness (QED) is 0.166. The van der Waals surface area contributed by atoms with Crippen LogP contribution in [0.5, 0.6) is 0 Å². The number of nitrogens with zero attached hydrogens (tertiary/aromatic N) is 3. The van der Waals surface area contributed by atoms with Crippen molar-refractivity contribution < 1.29 is 4.42 Å². The lowest BCUT2D eigenvalue weighted by atomic mass is 9.86. The lowest BCUT2D eigenvalue weighted by Crippen LogP contribution is -2.13. The van der Waals surface area contributed by atoms with Crippen LogP contribution < -0.4 is 9.80 Å². The zero-order valence-corrected chi connectivity index (χ0v) is 40.6. The molecule has 3 aromatic heterocycles. The minimum absolute atomic E-state index is 0.0163. The van der Waals surface area contributed by atoms with Crippen molar-refractivity contribution in [2.75, 3.05) is 9.80 Å². The molecule has 0 unspecified atom stereocenters. The summed E-state index contributed by atoms with van der Waals surface area (Å²) >= 11 is 0. The molecule has 0 bridgehead atoms. The van der Waals surface area contributed by atoms with Crippen molar-refractivity contribution in [3.63, 3.8) is 0 Å². The van der Waals surface area contributed by atoms with Crippen LogP contribution >= 0.6 is 0 Å². The monoisotopic (exact) mass is 883 g/mol. The Morgan fingerprint density at radius 2 is 0.853 bits per heavy atom. The van der Waals surface area contributed by atoms with Crippen LogP contribution in [0.25, 0.3) is 70.8 Å². The zero-order valence-electron chi connectivity index (χ0n) is 40.6. The van der Waals surface area contributed by atoms with Crippen molar-refractivity contribution in [3.8, 4) is 0 Å². The highest BCUT2D eigenvalue weighted by Gasteiger charge is 2.27. The fraction of sp³-hybridized carbons (Fsp3) is 0.188. The Morgan fingerprint density at radius 1 is 0.353 bits per heavy atom. The molecule has 0 fully saturated rings. The van der Waals surface area contributed by atoms with E-state index in [0.29, 0.717) is 0 Å². The number of benzene rings is 9. The van der Waals surface area contributed by atoms with Crippen LogP contribution in [-0.2, 0) is 16.2 Å². The Hall–Kier alpha value is -7.56. The molecule has 0 amide bonds. The Bertz CT molecular complexity index is 3880. The molecule has 0 radical (unpaired) electrons. The van der Waals surface area contributed by atoms with E-state index >= 15 is 0 Å². The van der Waals surface area contributed by atoms with Gasteiger partial charge in [0.25, 0.3) is 0 Å². The molecule has 0 saturated carbocycles. The molecule has 0 aliphatic rings. The summed E-state index contributed by atoms with van der Waals surface area (Å²) in [5.74, 6) is 0. The molecule has 9 aromatic carbocycles. The summed E-state index contributed by atoms with van der Waals surface area (Å²) in [6.45, 7) is 20.6. The number of anilines is 6. The van der Waals surface area contributed by atoms with Gasteiger partial charge in [-0.05, 0) is 147 Å². The van der Waals surface area contributed by atoms with Gasteiger partial charge >= 0.3 is 0 Å². The first-order chi connectivity index (χ1) is 32.6. The molecule has 0 atom stereocenters. The summed E-state index contributed by atoms with van der Waals surface area (Å²) < 4.78 is 9.36.